The zero-order chi connectivity index (χ0) is 97.9. The minimum Gasteiger partial charge on any atom is -0.549 e. The number of carboxylic acid groups (broad SMARTS) is 4. The number of amides is 5. The van der Waals surface area contributed by atoms with Gasteiger partial charge in [-0.2, -0.15) is 0 Å². The van der Waals surface area contributed by atoms with Gasteiger partial charge < -0.3 is 113 Å². The summed E-state index contributed by atoms with van der Waals surface area (Å²) in [6.07, 6.45) is 3.79. The maximum absolute atomic E-state index is 14.9. The van der Waals surface area contributed by atoms with Crippen molar-refractivity contribution in [3.05, 3.63) is 102 Å². The van der Waals surface area contributed by atoms with Crippen molar-refractivity contribution in [3.8, 4) is 5.75 Å². The van der Waals surface area contributed by atoms with Crippen molar-refractivity contribution in [1.82, 2.24) is 56.5 Å². The Hall–Kier alpha value is -9.85. The van der Waals surface area contributed by atoms with Gasteiger partial charge in [0, 0.05) is 178 Å². The molecule has 1 radical (unpaired) electrons. The van der Waals surface area contributed by atoms with Crippen molar-refractivity contribution in [3.63, 3.8) is 0 Å². The SMILES string of the molecule is CC(=O)CCC(=O)[C@H](CO)NC(=O)[C@@H](CC(=O)[C@H](CC(C)C)NC(=O)[C@@H](CC(=O)[C@@H](CCCN=C(N)N)NC(=O)[C@@H](CO)CC(=O)[C@H](Cc1ccccc1)NC(=O)[C@@H](CC(=O)[C@H](CC(=O)O)NC(C)=O)CC1CCCCC1)Cc1ccc(O)cc1)Cc1c[nH]c2ccccc12.CNCCOCCOCCCC(=O)CN1CCN(CC(=O)[O-])CCN(CC(=O)[O-])CCN(CC(=O)[O-])CC1.[Gd+3]. The molecule has 741 valence electrons. The zero-order valence-electron chi connectivity index (χ0n) is 77.5. The average molecular weight is 2020 g/mol. The molecule has 1 saturated carbocycles. The number of rotatable bonds is 61. The third-order valence-corrected chi connectivity index (χ3v) is 23.2. The molecule has 3 aromatic carbocycles. The molecule has 9 atom stereocenters. The Kier molecular flexibility index (Phi) is 55.8. The van der Waals surface area contributed by atoms with Crippen molar-refractivity contribution in [2.24, 2.45) is 52.0 Å². The van der Waals surface area contributed by atoms with Gasteiger partial charge in [0.2, 0.25) is 29.5 Å². The van der Waals surface area contributed by atoms with E-state index < -0.39 is 182 Å². The molecular formula is C94H137GdN14O25. The normalized spacial score (nSPS) is 15.8. The molecule has 4 aromatic rings. The molecule has 0 bridgehead atoms. The van der Waals surface area contributed by atoms with E-state index in [-0.39, 0.29) is 192 Å². The predicted octanol–water partition coefficient (Wildman–Crippen LogP) is -1.83. The second-order valence-corrected chi connectivity index (χ2v) is 34.7. The number of aromatic nitrogens is 1. The molecule has 2 aliphatic rings. The van der Waals surface area contributed by atoms with E-state index in [1.54, 1.807) is 69.4 Å². The number of aliphatic hydroxyl groups is 2. The smallest absolute Gasteiger partial charge is 0.549 e. The number of aromatic amines is 1. The van der Waals surface area contributed by atoms with E-state index >= 15 is 0 Å². The standard InChI is InChI=1S/C70H95N9O16.C24H45N5O9.Gd/c1-41(2)28-56(62(87)35-49(32-50-38-74-54-19-12-11-18-53(50)54)68(94)79-59(40-81)60(85)26-21-42(3)82)77-66(92)48(30-46-22-24-52(84)25-23-46)33-61(86)55(20-13-27-73-70(71)72)76-69(95)51(39-80)36-64(89)57(31-45-16-9-6-10-17-45)78-67(93)47(29-44-14-7-5-8-15-44)34-63(88)58(37-65(90)91)75-43(4)83;1-25-4-14-38-16-15-37-13-2-3-21(30)17-26-5-7-27(18-22(31)32)9-11-29(20-24(35)36)12-10-28(8-6-26)19-23(33)34;/h6,9-12,16-19,22-25,38,41,44,47-49,51,55-59,74,80-81,84H,5,7-8,13-15,20-21,26-37,39-40H2,1-4H3,(H,75,83)(H,76,95)(H,77,92)(H,78,93)(H,79,94)(H,90,91)(H4,71,72,73);25H,2-20H2,1H3,(H,31,32)(H,33,34)(H,35,36);/q;;+3/p-3/t47-,48-,49-,51-,55-,56+,57+,58+,59+;;/m1../s1. The third kappa shape index (κ3) is 47.1. The number of hydrogen-bond acceptors (Lipinski definition) is 30. The van der Waals surface area contributed by atoms with Gasteiger partial charge in [-0.05, 0) is 112 Å². The zero-order valence-corrected chi connectivity index (χ0v) is 79.8. The molecule has 0 unspecified atom stereocenters. The third-order valence-electron chi connectivity index (χ3n) is 23.2. The summed E-state index contributed by atoms with van der Waals surface area (Å²) in [6, 6.07) is 15.0. The van der Waals surface area contributed by atoms with Crippen LogP contribution in [0.3, 0.4) is 0 Å². The molecule has 15 N–H and O–H groups in total. The van der Waals surface area contributed by atoms with Crippen LogP contribution in [-0.2, 0) is 105 Å². The summed E-state index contributed by atoms with van der Waals surface area (Å²) < 4.78 is 10.9. The first-order valence-electron chi connectivity index (χ1n) is 45.7. The summed E-state index contributed by atoms with van der Waals surface area (Å²) in [5.74, 6) is -17.8. The van der Waals surface area contributed by atoms with Gasteiger partial charge in [-0.15, -0.1) is 0 Å². The Morgan fingerprint density at radius 3 is 1.53 bits per heavy atom. The fourth-order valence-corrected chi connectivity index (χ4v) is 16.0. The van der Waals surface area contributed by atoms with Crippen LogP contribution in [0.4, 0.5) is 0 Å². The number of nitrogens with two attached hydrogens (primary N) is 2. The van der Waals surface area contributed by atoms with Crippen LogP contribution < -0.4 is 58.7 Å². The minimum absolute atomic E-state index is 0. The van der Waals surface area contributed by atoms with Crippen LogP contribution >= 0.6 is 0 Å². The van der Waals surface area contributed by atoms with E-state index in [0.717, 1.165) is 56.5 Å². The summed E-state index contributed by atoms with van der Waals surface area (Å²) >= 11 is 0. The van der Waals surface area contributed by atoms with Gasteiger partial charge >= 0.3 is 45.9 Å². The maximum atomic E-state index is 14.9. The molecule has 1 aromatic heterocycles. The first-order chi connectivity index (χ1) is 63.4. The number of nitrogens with one attached hydrogen (secondary N) is 7. The molecule has 1 aliphatic heterocycles. The number of aliphatic hydroxyl groups excluding tert-OH is 2. The van der Waals surface area contributed by atoms with Crippen LogP contribution in [-0.4, -0.2) is 313 Å². The number of carboxylic acids is 4. The van der Waals surface area contributed by atoms with E-state index in [9.17, 15) is 112 Å². The summed E-state index contributed by atoms with van der Waals surface area (Å²) in [4.78, 5) is 225. The fraction of sp³-hybridized carbons (Fsp3) is 0.606. The van der Waals surface area contributed by atoms with Gasteiger partial charge in [0.1, 0.15) is 23.4 Å². The largest absolute Gasteiger partial charge is 3.00 e. The number of phenols is 1. The van der Waals surface area contributed by atoms with Crippen molar-refractivity contribution in [1.29, 1.82) is 0 Å². The van der Waals surface area contributed by atoms with Crippen LogP contribution in [0.5, 0.6) is 5.75 Å². The van der Waals surface area contributed by atoms with Crippen LogP contribution in [0.1, 0.15) is 160 Å². The van der Waals surface area contributed by atoms with E-state index in [1.165, 1.54) is 19.1 Å². The van der Waals surface area contributed by atoms with E-state index in [0.29, 0.717) is 82.1 Å². The number of benzene rings is 3. The first kappa shape index (κ1) is 116. The van der Waals surface area contributed by atoms with Gasteiger partial charge in [0.25, 0.3) is 0 Å². The van der Waals surface area contributed by atoms with Gasteiger partial charge in [0.05, 0.1) is 94.0 Å². The quantitative estimate of drug-likeness (QED) is 0.0131. The van der Waals surface area contributed by atoms with Gasteiger partial charge in [-0.3, -0.25) is 82.1 Å². The molecule has 1 saturated heterocycles. The number of aliphatic imine (C=N–C) groups is 1. The first-order valence-corrected chi connectivity index (χ1v) is 45.7. The number of guanidine groups is 1. The summed E-state index contributed by atoms with van der Waals surface area (Å²) in [5, 5.41) is 91.6. The molecule has 40 heteroatoms. The number of carbonyl (C=O) groups excluding carboxylic acids is 15. The number of ether oxygens (including phenoxy) is 2. The van der Waals surface area contributed by atoms with Crippen LogP contribution in [0.25, 0.3) is 10.9 Å². The Bertz CT molecular complexity index is 4390. The Balaban J connectivity index is 0.000000804. The second kappa shape index (κ2) is 64.2. The summed E-state index contributed by atoms with van der Waals surface area (Å²) in [5.41, 5.74) is 13.8. The number of H-pyrrole nitrogens is 1. The molecule has 0 spiro atoms. The molecular weight excluding hydrogens is 1880 g/mol. The van der Waals surface area contributed by atoms with Crippen LogP contribution in [0.15, 0.2) is 90.1 Å². The Morgan fingerprint density at radius 2 is 0.993 bits per heavy atom. The van der Waals surface area contributed by atoms with Gasteiger partial charge in [0.15, 0.2) is 34.9 Å². The number of nitrogens with zero attached hydrogens (tertiary/aromatic N) is 5. The molecule has 2 fully saturated rings. The topological polar surface area (TPSA) is 607 Å². The number of Topliss-reactive ketones (excluding diaryl/α,β-unsaturated/α-hetero) is 7. The number of fused-ring (bicyclic) bond motifs is 1. The maximum Gasteiger partial charge on any atom is 3.00 e. The monoisotopic (exact) mass is 2020 g/mol. The van der Waals surface area contributed by atoms with Crippen molar-refractivity contribution < 1.29 is 162 Å². The number of phenolic OH excluding ortho intramolecular Hbond substituents is 1. The van der Waals surface area contributed by atoms with Crippen molar-refractivity contribution in [2.45, 2.75) is 193 Å². The number of para-hydroxylation sites is 1. The minimum atomic E-state index is -1.51. The number of aliphatic carboxylic acids is 4. The van der Waals surface area contributed by atoms with Crippen LogP contribution in [0, 0.1) is 75.4 Å². The number of hydrogen-bond donors (Lipinski definition) is 13. The molecule has 39 nitrogen and oxygen atoms in total. The van der Waals surface area contributed by atoms with E-state index in [1.807, 2.05) is 44.0 Å². The van der Waals surface area contributed by atoms with Crippen molar-refractivity contribution in [2.75, 3.05) is 138 Å². The van der Waals surface area contributed by atoms with E-state index in [2.05, 4.69) is 41.9 Å². The summed E-state index contributed by atoms with van der Waals surface area (Å²) in [6.45, 7) is 8.68. The number of aromatic hydroxyl groups is 1. The van der Waals surface area contributed by atoms with Crippen LogP contribution in [0.2, 0.25) is 0 Å². The average Bonchev–Trinajstić information content (AvgIpc) is 1.66. The number of ketones is 7. The molecule has 1 aliphatic carbocycles. The molecule has 2 heterocycles. The van der Waals surface area contributed by atoms with Crippen molar-refractivity contribution >= 4 is 111 Å². The van der Waals surface area contributed by atoms with E-state index in [4.69, 9.17) is 20.9 Å². The van der Waals surface area contributed by atoms with Gasteiger partial charge in [-0.25, -0.2) is 0 Å². The molecule has 5 amide bonds. The number of likely N-dealkylation sites (N-methyl/N-ethyl adjacent to an activating group) is 1. The number of carbonyl (C=O) groups is 16. The Morgan fingerprint density at radius 1 is 0.507 bits per heavy atom. The summed E-state index contributed by atoms with van der Waals surface area (Å²) in [7, 11) is 1.85. The second-order valence-electron chi connectivity index (χ2n) is 34.7. The molecule has 134 heavy (non-hydrogen) atoms. The Labute approximate surface area is 814 Å². The molecule has 6 rings (SSSR count). The van der Waals surface area contributed by atoms with Gasteiger partial charge in [-0.1, -0.05) is 107 Å². The fourth-order valence-electron chi connectivity index (χ4n) is 16.0. The predicted molar refractivity (Wildman–Crippen MR) is 484 cm³/mol.